The van der Waals surface area contributed by atoms with Crippen LogP contribution in [0.1, 0.15) is 19.3 Å². The van der Waals surface area contributed by atoms with Crippen molar-refractivity contribution < 1.29 is 4.79 Å². The van der Waals surface area contributed by atoms with Crippen LogP contribution in [-0.4, -0.2) is 41.9 Å². The van der Waals surface area contributed by atoms with Gasteiger partial charge < -0.3 is 10.6 Å². The molecule has 1 saturated heterocycles. The van der Waals surface area contributed by atoms with Crippen LogP contribution in [0.4, 0.5) is 0 Å². The fourth-order valence-electron chi connectivity index (χ4n) is 1.59. The molecule has 0 aliphatic carbocycles. The topological polar surface area (TPSA) is 46.3 Å². The van der Waals surface area contributed by atoms with E-state index in [9.17, 15) is 4.79 Å². The number of carbonyl (C=O) groups is 1. The highest BCUT2D eigenvalue weighted by Gasteiger charge is 2.17. The van der Waals surface area contributed by atoms with E-state index >= 15 is 0 Å². The Morgan fingerprint density at radius 3 is 3.00 bits per heavy atom. The Kier molecular flexibility index (Phi) is 4.59. The molecule has 2 N–H and O–H groups in total. The summed E-state index contributed by atoms with van der Waals surface area (Å²) < 4.78 is 0. The molecule has 1 aliphatic rings. The number of thioether (sulfide) groups is 1. The van der Waals surface area contributed by atoms with Gasteiger partial charge in [0.15, 0.2) is 0 Å². The smallest absolute Gasteiger partial charge is 0.232 e. The van der Waals surface area contributed by atoms with Crippen LogP contribution in [0.5, 0.6) is 0 Å². The van der Waals surface area contributed by atoms with Gasteiger partial charge in [0.25, 0.3) is 0 Å². The van der Waals surface area contributed by atoms with Crippen LogP contribution in [0.3, 0.4) is 0 Å². The molecule has 1 rings (SSSR count). The van der Waals surface area contributed by atoms with Crippen molar-refractivity contribution in [1.82, 2.24) is 4.90 Å². The zero-order valence-corrected chi connectivity index (χ0v) is 8.98. The van der Waals surface area contributed by atoms with Crippen molar-refractivity contribution in [2.75, 3.05) is 25.1 Å². The first-order valence-electron chi connectivity index (χ1n) is 4.76. The number of likely N-dealkylation sites (tertiary alicyclic amines) is 1. The fourth-order valence-corrected chi connectivity index (χ4v) is 2.02. The molecular weight excluding hydrogens is 184 g/mol. The summed E-state index contributed by atoms with van der Waals surface area (Å²) in [5, 5.41) is 0. The first-order valence-corrected chi connectivity index (χ1v) is 6.15. The summed E-state index contributed by atoms with van der Waals surface area (Å²) in [6.45, 7) is 1.74. The third-order valence-corrected chi connectivity index (χ3v) is 2.93. The minimum absolute atomic E-state index is 0.265. The van der Waals surface area contributed by atoms with Gasteiger partial charge in [-0.3, -0.25) is 4.79 Å². The lowest BCUT2D eigenvalue weighted by Crippen LogP contribution is -2.34. The lowest BCUT2D eigenvalue weighted by molar-refractivity contribution is -0.128. The minimum atomic E-state index is 0.265. The molecule has 0 saturated carbocycles. The van der Waals surface area contributed by atoms with Crippen LogP contribution < -0.4 is 5.73 Å². The van der Waals surface area contributed by atoms with Gasteiger partial charge >= 0.3 is 0 Å². The molecule has 1 fully saturated rings. The van der Waals surface area contributed by atoms with Gasteiger partial charge in [-0.25, -0.2) is 0 Å². The summed E-state index contributed by atoms with van der Waals surface area (Å²) in [6.07, 6.45) is 5.03. The molecule has 0 aromatic rings. The molecular formula is C9H18N2OS. The number of nitrogens with two attached hydrogens (primary N) is 1. The van der Waals surface area contributed by atoms with Crippen molar-refractivity contribution in [3.8, 4) is 0 Å². The molecule has 1 atom stereocenters. The molecule has 1 amide bonds. The van der Waals surface area contributed by atoms with Gasteiger partial charge in [-0.05, 0) is 25.5 Å². The second kappa shape index (κ2) is 5.50. The van der Waals surface area contributed by atoms with Gasteiger partial charge in [0, 0.05) is 19.1 Å². The predicted octanol–water partition coefficient (Wildman–Crippen LogP) is 0.689. The molecule has 0 aromatic heterocycles. The van der Waals surface area contributed by atoms with Gasteiger partial charge in [-0.2, -0.15) is 11.8 Å². The monoisotopic (exact) mass is 202 g/mol. The summed E-state index contributed by atoms with van der Waals surface area (Å²) >= 11 is 1.59. The fraction of sp³-hybridized carbons (Fsp3) is 0.889. The number of rotatable bonds is 2. The van der Waals surface area contributed by atoms with E-state index in [1.165, 1.54) is 0 Å². The Hall–Kier alpha value is -0.220. The maximum absolute atomic E-state index is 11.5. The van der Waals surface area contributed by atoms with E-state index in [1.807, 2.05) is 11.2 Å². The van der Waals surface area contributed by atoms with Gasteiger partial charge in [-0.15, -0.1) is 0 Å². The molecule has 0 radical (unpaired) electrons. The highest BCUT2D eigenvalue weighted by molar-refractivity contribution is 7.99. The van der Waals surface area contributed by atoms with E-state index in [1.54, 1.807) is 11.8 Å². The highest BCUT2D eigenvalue weighted by atomic mass is 32.2. The highest BCUT2D eigenvalue weighted by Crippen LogP contribution is 2.10. The lowest BCUT2D eigenvalue weighted by Gasteiger charge is -2.19. The zero-order valence-electron chi connectivity index (χ0n) is 8.16. The van der Waals surface area contributed by atoms with E-state index in [0.29, 0.717) is 11.8 Å². The van der Waals surface area contributed by atoms with Crippen LogP contribution >= 0.6 is 11.8 Å². The van der Waals surface area contributed by atoms with Crippen molar-refractivity contribution in [2.45, 2.75) is 25.3 Å². The van der Waals surface area contributed by atoms with Crippen LogP contribution in [0.25, 0.3) is 0 Å². The van der Waals surface area contributed by atoms with Gasteiger partial charge in [-0.1, -0.05) is 0 Å². The average Bonchev–Trinajstić information content (AvgIpc) is 2.30. The van der Waals surface area contributed by atoms with Gasteiger partial charge in [0.1, 0.15) is 0 Å². The third kappa shape index (κ3) is 3.56. The first-order chi connectivity index (χ1) is 6.24. The lowest BCUT2D eigenvalue weighted by atomic mass is 10.1. The van der Waals surface area contributed by atoms with Crippen LogP contribution in [0.15, 0.2) is 0 Å². The second-order valence-corrected chi connectivity index (χ2v) is 4.37. The van der Waals surface area contributed by atoms with Crippen molar-refractivity contribution in [3.05, 3.63) is 0 Å². The molecule has 1 aliphatic heterocycles. The molecule has 0 spiro atoms. The third-order valence-electron chi connectivity index (χ3n) is 2.39. The maximum atomic E-state index is 11.5. The molecule has 3 nitrogen and oxygen atoms in total. The predicted molar refractivity (Wildman–Crippen MR) is 56.8 cm³/mol. The van der Waals surface area contributed by atoms with E-state index in [2.05, 4.69) is 0 Å². The van der Waals surface area contributed by atoms with Crippen molar-refractivity contribution in [1.29, 1.82) is 0 Å². The van der Waals surface area contributed by atoms with E-state index in [0.717, 1.165) is 32.4 Å². The Balaban J connectivity index is 2.37. The number of hydrogen-bond donors (Lipinski definition) is 1. The Morgan fingerprint density at radius 1 is 1.54 bits per heavy atom. The summed E-state index contributed by atoms with van der Waals surface area (Å²) in [6, 6.07) is 0.298. The second-order valence-electron chi connectivity index (χ2n) is 3.50. The summed E-state index contributed by atoms with van der Waals surface area (Å²) in [7, 11) is 0. The molecule has 1 unspecified atom stereocenters. The van der Waals surface area contributed by atoms with Gasteiger partial charge in [0.2, 0.25) is 5.91 Å². The molecule has 13 heavy (non-hydrogen) atoms. The molecule has 0 bridgehead atoms. The Bertz CT molecular complexity index is 175. The van der Waals surface area contributed by atoms with Crippen molar-refractivity contribution in [3.63, 3.8) is 0 Å². The number of carbonyl (C=O) groups excluding carboxylic acids is 1. The standard InChI is InChI=1S/C9H18N2OS/c1-13-7-9(12)11-5-2-3-8(10)4-6-11/h8H,2-7,10H2,1H3. The largest absolute Gasteiger partial charge is 0.342 e. The molecule has 4 heteroatoms. The number of hydrogen-bond acceptors (Lipinski definition) is 3. The Labute approximate surface area is 84.0 Å². The Morgan fingerprint density at radius 2 is 2.31 bits per heavy atom. The SMILES string of the molecule is CSCC(=O)N1CCCC(N)CC1. The molecule has 0 aromatic carbocycles. The van der Waals surface area contributed by atoms with Gasteiger partial charge in [0.05, 0.1) is 5.75 Å². The summed E-state index contributed by atoms with van der Waals surface area (Å²) in [4.78, 5) is 13.5. The van der Waals surface area contributed by atoms with Crippen LogP contribution in [-0.2, 0) is 4.79 Å². The maximum Gasteiger partial charge on any atom is 0.232 e. The normalized spacial score (nSPS) is 24.2. The first kappa shape index (κ1) is 10.9. The van der Waals surface area contributed by atoms with Crippen molar-refractivity contribution in [2.24, 2.45) is 5.73 Å². The zero-order chi connectivity index (χ0) is 9.68. The van der Waals surface area contributed by atoms with Crippen LogP contribution in [0, 0.1) is 0 Å². The quantitative estimate of drug-likeness (QED) is 0.716. The van der Waals surface area contributed by atoms with E-state index in [4.69, 9.17) is 5.73 Å². The minimum Gasteiger partial charge on any atom is -0.342 e. The average molecular weight is 202 g/mol. The number of nitrogens with zero attached hydrogens (tertiary/aromatic N) is 1. The molecule has 1 heterocycles. The van der Waals surface area contributed by atoms with Crippen LogP contribution in [0.2, 0.25) is 0 Å². The van der Waals surface area contributed by atoms with E-state index < -0.39 is 0 Å². The molecule has 76 valence electrons. The number of amides is 1. The van der Waals surface area contributed by atoms with Crippen molar-refractivity contribution >= 4 is 17.7 Å². The summed E-state index contributed by atoms with van der Waals surface area (Å²) in [5.41, 5.74) is 5.83. The van der Waals surface area contributed by atoms with E-state index in [-0.39, 0.29) is 5.91 Å². The summed E-state index contributed by atoms with van der Waals surface area (Å²) in [5.74, 6) is 0.872.